The fraction of sp³-hybridized carbons (Fsp3) is 0.240. The standard InChI is InChI=1S/C25H25N3O3S/c1-17-14-20(10-11-22(17)28-13-5-8-25(28)30)27-24(29)12-9-19-6-3-4-7-23(19)31-15-21-16-32-18(2)26-21/h3-4,6-7,9-12,14,16H,5,8,13,15H2,1-2H3,(H,27,29). The molecule has 1 aliphatic rings. The van der Waals surface area contributed by atoms with Gasteiger partial charge in [0.25, 0.3) is 0 Å². The first-order chi connectivity index (χ1) is 15.5. The summed E-state index contributed by atoms with van der Waals surface area (Å²) in [6.45, 7) is 5.04. The molecular weight excluding hydrogens is 422 g/mol. The van der Waals surface area contributed by atoms with Crippen LogP contribution in [0.5, 0.6) is 5.75 Å². The minimum atomic E-state index is -0.237. The fourth-order valence-corrected chi connectivity index (χ4v) is 4.26. The van der Waals surface area contributed by atoms with Crippen LogP contribution in [-0.2, 0) is 16.2 Å². The fourth-order valence-electron chi connectivity index (χ4n) is 3.66. The molecule has 6 nitrogen and oxygen atoms in total. The van der Waals surface area contributed by atoms with Crippen molar-refractivity contribution in [2.24, 2.45) is 0 Å². The van der Waals surface area contributed by atoms with E-state index in [-0.39, 0.29) is 11.8 Å². The number of anilines is 2. The topological polar surface area (TPSA) is 71.5 Å². The highest BCUT2D eigenvalue weighted by Crippen LogP contribution is 2.27. The average Bonchev–Trinajstić information content (AvgIpc) is 3.39. The van der Waals surface area contributed by atoms with Crippen molar-refractivity contribution in [3.8, 4) is 5.75 Å². The van der Waals surface area contributed by atoms with E-state index < -0.39 is 0 Å². The Hall–Kier alpha value is -3.45. The molecule has 0 radical (unpaired) electrons. The molecule has 0 spiro atoms. The minimum absolute atomic E-state index is 0.151. The van der Waals surface area contributed by atoms with Crippen LogP contribution < -0.4 is 15.0 Å². The van der Waals surface area contributed by atoms with Crippen LogP contribution in [-0.4, -0.2) is 23.3 Å². The highest BCUT2D eigenvalue weighted by molar-refractivity contribution is 7.09. The Morgan fingerprint density at radius 1 is 1.25 bits per heavy atom. The lowest BCUT2D eigenvalue weighted by atomic mass is 10.1. The molecule has 4 rings (SSSR count). The lowest BCUT2D eigenvalue weighted by Gasteiger charge is -2.19. The van der Waals surface area contributed by atoms with Crippen LogP contribution in [0.15, 0.2) is 53.9 Å². The van der Waals surface area contributed by atoms with Gasteiger partial charge in [0.1, 0.15) is 12.4 Å². The molecule has 1 aromatic heterocycles. The largest absolute Gasteiger partial charge is 0.487 e. The molecule has 1 fully saturated rings. The maximum absolute atomic E-state index is 12.5. The molecule has 0 aliphatic carbocycles. The van der Waals surface area contributed by atoms with Gasteiger partial charge in [0.15, 0.2) is 0 Å². The summed E-state index contributed by atoms with van der Waals surface area (Å²) in [5, 5.41) is 5.87. The molecule has 3 aromatic rings. The van der Waals surface area contributed by atoms with Crippen molar-refractivity contribution in [3.05, 3.63) is 75.7 Å². The quantitative estimate of drug-likeness (QED) is 0.511. The minimum Gasteiger partial charge on any atom is -0.487 e. The lowest BCUT2D eigenvalue weighted by Crippen LogP contribution is -2.24. The van der Waals surface area contributed by atoms with E-state index in [1.165, 1.54) is 6.08 Å². The van der Waals surface area contributed by atoms with Gasteiger partial charge in [-0.25, -0.2) is 4.98 Å². The third-order valence-corrected chi connectivity index (χ3v) is 6.03. The smallest absolute Gasteiger partial charge is 0.248 e. The van der Waals surface area contributed by atoms with E-state index in [0.29, 0.717) is 24.5 Å². The number of hydrogen-bond acceptors (Lipinski definition) is 5. The summed E-state index contributed by atoms with van der Waals surface area (Å²) in [6, 6.07) is 13.2. The molecule has 1 saturated heterocycles. The zero-order valence-electron chi connectivity index (χ0n) is 18.1. The molecule has 7 heteroatoms. The van der Waals surface area contributed by atoms with Crippen LogP contribution in [0.4, 0.5) is 11.4 Å². The first-order valence-corrected chi connectivity index (χ1v) is 11.4. The van der Waals surface area contributed by atoms with Crippen LogP contribution in [0, 0.1) is 13.8 Å². The van der Waals surface area contributed by atoms with Gasteiger partial charge in [-0.1, -0.05) is 18.2 Å². The van der Waals surface area contributed by atoms with Crippen LogP contribution >= 0.6 is 11.3 Å². The van der Waals surface area contributed by atoms with Crippen molar-refractivity contribution >= 4 is 40.6 Å². The number of thiazole rings is 1. The van der Waals surface area contributed by atoms with E-state index in [1.54, 1.807) is 17.4 Å². The number of hydrogen-bond donors (Lipinski definition) is 1. The van der Waals surface area contributed by atoms with Crippen molar-refractivity contribution in [3.63, 3.8) is 0 Å². The second-order valence-corrected chi connectivity index (χ2v) is 8.72. The molecule has 1 aliphatic heterocycles. The second-order valence-electron chi connectivity index (χ2n) is 7.66. The predicted molar refractivity (Wildman–Crippen MR) is 128 cm³/mol. The van der Waals surface area contributed by atoms with E-state index in [1.807, 2.05) is 66.6 Å². The Labute approximate surface area is 191 Å². The maximum atomic E-state index is 12.5. The normalized spacial score (nSPS) is 13.7. The van der Waals surface area contributed by atoms with Crippen LogP contribution in [0.3, 0.4) is 0 Å². The van der Waals surface area contributed by atoms with Crippen molar-refractivity contribution < 1.29 is 14.3 Å². The Morgan fingerprint density at radius 2 is 2.09 bits per heavy atom. The van der Waals surface area contributed by atoms with Gasteiger partial charge in [-0.3, -0.25) is 9.59 Å². The third-order valence-electron chi connectivity index (χ3n) is 5.20. The van der Waals surface area contributed by atoms with Crippen molar-refractivity contribution in [1.29, 1.82) is 0 Å². The van der Waals surface area contributed by atoms with Gasteiger partial charge in [-0.15, -0.1) is 11.3 Å². The Morgan fingerprint density at radius 3 is 2.81 bits per heavy atom. The number of rotatable bonds is 7. The maximum Gasteiger partial charge on any atom is 0.248 e. The van der Waals surface area contributed by atoms with Crippen molar-refractivity contribution in [2.45, 2.75) is 33.3 Å². The zero-order chi connectivity index (χ0) is 22.5. The van der Waals surface area contributed by atoms with Crippen LogP contribution in [0.1, 0.15) is 34.7 Å². The molecular formula is C25H25N3O3S. The van der Waals surface area contributed by atoms with E-state index in [0.717, 1.165) is 40.5 Å². The van der Waals surface area contributed by atoms with Gasteiger partial charge in [0.05, 0.1) is 10.7 Å². The number of benzene rings is 2. The molecule has 1 N–H and O–H groups in total. The van der Waals surface area contributed by atoms with Gasteiger partial charge in [-0.05, 0) is 56.2 Å². The number of nitrogens with zero attached hydrogens (tertiary/aromatic N) is 2. The molecule has 0 unspecified atom stereocenters. The summed E-state index contributed by atoms with van der Waals surface area (Å²) < 4.78 is 5.90. The lowest BCUT2D eigenvalue weighted by molar-refractivity contribution is -0.117. The number of aryl methyl sites for hydroxylation is 2. The summed E-state index contributed by atoms with van der Waals surface area (Å²) in [7, 11) is 0. The molecule has 0 atom stereocenters. The summed E-state index contributed by atoms with van der Waals surface area (Å²) in [5.74, 6) is 0.607. The van der Waals surface area contributed by atoms with Crippen LogP contribution in [0.2, 0.25) is 0 Å². The van der Waals surface area contributed by atoms with E-state index >= 15 is 0 Å². The first kappa shape index (κ1) is 21.8. The predicted octanol–water partition coefficient (Wildman–Crippen LogP) is 5.12. The van der Waals surface area contributed by atoms with Gasteiger partial charge in [0, 0.05) is 41.4 Å². The summed E-state index contributed by atoms with van der Waals surface area (Å²) in [6.07, 6.45) is 4.71. The highest BCUT2D eigenvalue weighted by Gasteiger charge is 2.22. The highest BCUT2D eigenvalue weighted by atomic mass is 32.1. The average molecular weight is 448 g/mol. The monoisotopic (exact) mass is 447 g/mol. The van der Waals surface area contributed by atoms with Gasteiger partial charge in [0.2, 0.25) is 11.8 Å². The van der Waals surface area contributed by atoms with Crippen LogP contribution in [0.25, 0.3) is 6.08 Å². The number of nitrogens with one attached hydrogen (secondary N) is 1. The Kier molecular flexibility index (Phi) is 6.66. The number of para-hydroxylation sites is 1. The zero-order valence-corrected chi connectivity index (χ0v) is 18.9. The third kappa shape index (κ3) is 5.23. The molecule has 32 heavy (non-hydrogen) atoms. The SMILES string of the molecule is Cc1nc(COc2ccccc2C=CC(=O)Nc2ccc(N3CCCC3=O)c(C)c2)cs1. The molecule has 2 heterocycles. The Balaban J connectivity index is 1.39. The number of aromatic nitrogens is 1. The van der Waals surface area contributed by atoms with Gasteiger partial charge in [-0.2, -0.15) is 0 Å². The summed E-state index contributed by atoms with van der Waals surface area (Å²) in [5.41, 5.74) is 4.25. The summed E-state index contributed by atoms with van der Waals surface area (Å²) in [4.78, 5) is 30.7. The van der Waals surface area contributed by atoms with E-state index in [9.17, 15) is 9.59 Å². The number of ether oxygens (including phenoxy) is 1. The molecule has 2 amide bonds. The first-order valence-electron chi connectivity index (χ1n) is 10.5. The summed E-state index contributed by atoms with van der Waals surface area (Å²) >= 11 is 1.59. The molecule has 0 saturated carbocycles. The van der Waals surface area contributed by atoms with E-state index in [2.05, 4.69) is 10.3 Å². The van der Waals surface area contributed by atoms with Gasteiger partial charge >= 0.3 is 0 Å². The Bertz CT molecular complexity index is 1170. The molecule has 2 aromatic carbocycles. The number of carbonyl (C=O) groups excluding carboxylic acids is 2. The van der Waals surface area contributed by atoms with Crippen molar-refractivity contribution in [2.75, 3.05) is 16.8 Å². The van der Waals surface area contributed by atoms with Crippen molar-refractivity contribution in [1.82, 2.24) is 4.98 Å². The number of amides is 2. The molecule has 164 valence electrons. The van der Waals surface area contributed by atoms with Gasteiger partial charge < -0.3 is 15.0 Å². The second kappa shape index (κ2) is 9.78. The van der Waals surface area contributed by atoms with E-state index in [4.69, 9.17) is 4.74 Å². The number of carbonyl (C=O) groups is 2. The molecule has 0 bridgehead atoms.